The molecule has 1 amide bonds. The molecular formula is C18H25N3O3S2. The molecule has 6 nitrogen and oxygen atoms in total. The van der Waals surface area contributed by atoms with Gasteiger partial charge >= 0.3 is 0 Å². The van der Waals surface area contributed by atoms with Gasteiger partial charge in [-0.1, -0.05) is 6.92 Å². The summed E-state index contributed by atoms with van der Waals surface area (Å²) in [5.74, 6) is -0.0779. The number of amides is 1. The zero-order valence-electron chi connectivity index (χ0n) is 15.2. The standard InChI is InChI=1S/C18H25N3O3S2/c1-4-5-18(22)20-15-6-8-16(9-7-15)26(23,24)19-12-17(21(2)3)14-10-11-25-13-14/h6-11,13,17,19H,4-5,12H2,1-3H3,(H,20,22). The second-order valence-electron chi connectivity index (χ2n) is 6.21. The van der Waals surface area contributed by atoms with E-state index in [1.54, 1.807) is 23.5 Å². The molecule has 1 aromatic carbocycles. The summed E-state index contributed by atoms with van der Waals surface area (Å²) in [7, 11) is 0.221. The molecule has 0 aliphatic heterocycles. The third-order valence-electron chi connectivity index (χ3n) is 3.94. The molecule has 0 bridgehead atoms. The van der Waals surface area contributed by atoms with E-state index in [4.69, 9.17) is 0 Å². The molecule has 8 heteroatoms. The molecule has 1 unspecified atom stereocenters. The summed E-state index contributed by atoms with van der Waals surface area (Å²) in [6.45, 7) is 2.21. The number of sulfonamides is 1. The summed E-state index contributed by atoms with van der Waals surface area (Å²) >= 11 is 1.59. The molecule has 0 radical (unpaired) electrons. The van der Waals surface area contributed by atoms with Gasteiger partial charge in [0, 0.05) is 24.7 Å². The van der Waals surface area contributed by atoms with Gasteiger partial charge in [-0.3, -0.25) is 4.79 Å². The van der Waals surface area contributed by atoms with Crippen molar-refractivity contribution in [3.63, 3.8) is 0 Å². The highest BCUT2D eigenvalue weighted by atomic mass is 32.2. The Hall–Kier alpha value is -1.74. The lowest BCUT2D eigenvalue weighted by atomic mass is 10.1. The van der Waals surface area contributed by atoms with Crippen LogP contribution in [-0.2, 0) is 14.8 Å². The maximum Gasteiger partial charge on any atom is 0.240 e. The van der Waals surface area contributed by atoms with Crippen molar-refractivity contribution in [3.05, 3.63) is 46.7 Å². The molecular weight excluding hydrogens is 370 g/mol. The number of likely N-dealkylation sites (N-methyl/N-ethyl adjacent to an activating group) is 1. The summed E-state index contributed by atoms with van der Waals surface area (Å²) in [6, 6.07) is 8.16. The molecule has 2 N–H and O–H groups in total. The monoisotopic (exact) mass is 395 g/mol. The largest absolute Gasteiger partial charge is 0.326 e. The van der Waals surface area contributed by atoms with E-state index in [0.29, 0.717) is 12.1 Å². The Labute approximate surface area is 159 Å². The zero-order valence-corrected chi connectivity index (χ0v) is 16.9. The third kappa shape index (κ3) is 5.63. The fraction of sp³-hybridized carbons (Fsp3) is 0.389. The van der Waals surface area contributed by atoms with Crippen molar-refractivity contribution in [1.82, 2.24) is 9.62 Å². The van der Waals surface area contributed by atoms with Gasteiger partial charge in [0.15, 0.2) is 0 Å². The molecule has 2 rings (SSSR count). The number of nitrogens with zero attached hydrogens (tertiary/aromatic N) is 1. The first-order chi connectivity index (χ1) is 12.3. The Morgan fingerprint density at radius 2 is 1.88 bits per heavy atom. The molecule has 0 aliphatic carbocycles. The minimum Gasteiger partial charge on any atom is -0.326 e. The third-order valence-corrected chi connectivity index (χ3v) is 6.08. The molecule has 0 saturated heterocycles. The lowest BCUT2D eigenvalue weighted by Gasteiger charge is -2.24. The molecule has 0 aliphatic rings. The van der Waals surface area contributed by atoms with E-state index >= 15 is 0 Å². The van der Waals surface area contributed by atoms with Crippen molar-refractivity contribution in [2.45, 2.75) is 30.7 Å². The molecule has 2 aromatic rings. The summed E-state index contributed by atoms with van der Waals surface area (Å²) in [5, 5.41) is 6.74. The number of benzene rings is 1. The van der Waals surface area contributed by atoms with Gasteiger partial charge in [0.1, 0.15) is 0 Å². The second kappa shape index (κ2) is 9.27. The van der Waals surface area contributed by atoms with E-state index in [-0.39, 0.29) is 23.4 Å². The lowest BCUT2D eigenvalue weighted by Crippen LogP contribution is -2.34. The van der Waals surface area contributed by atoms with Crippen LogP contribution in [0.15, 0.2) is 46.0 Å². The lowest BCUT2D eigenvalue weighted by molar-refractivity contribution is -0.116. The quantitative estimate of drug-likeness (QED) is 0.684. The van der Waals surface area contributed by atoms with Gasteiger partial charge in [-0.25, -0.2) is 13.1 Å². The van der Waals surface area contributed by atoms with Gasteiger partial charge < -0.3 is 10.2 Å². The first-order valence-corrected chi connectivity index (χ1v) is 10.8. The molecule has 0 saturated carbocycles. The first kappa shape index (κ1) is 20.6. The normalized spacial score (nSPS) is 12.9. The van der Waals surface area contributed by atoms with Crippen LogP contribution in [0.5, 0.6) is 0 Å². The van der Waals surface area contributed by atoms with Crippen LogP contribution in [0.3, 0.4) is 0 Å². The van der Waals surface area contributed by atoms with Crippen molar-refractivity contribution >= 4 is 33.0 Å². The average molecular weight is 396 g/mol. The van der Waals surface area contributed by atoms with Gasteiger partial charge in [0.2, 0.25) is 15.9 Å². The highest BCUT2D eigenvalue weighted by molar-refractivity contribution is 7.89. The Bertz CT molecular complexity index is 801. The smallest absolute Gasteiger partial charge is 0.240 e. The number of rotatable bonds is 9. The van der Waals surface area contributed by atoms with Crippen LogP contribution in [-0.4, -0.2) is 39.9 Å². The predicted octanol–water partition coefficient (Wildman–Crippen LogP) is 3.07. The average Bonchev–Trinajstić information content (AvgIpc) is 3.09. The van der Waals surface area contributed by atoms with E-state index in [1.165, 1.54) is 12.1 Å². The van der Waals surface area contributed by atoms with Crippen LogP contribution in [0.1, 0.15) is 31.4 Å². The maximum atomic E-state index is 12.6. The predicted molar refractivity (Wildman–Crippen MR) is 106 cm³/mol. The minimum atomic E-state index is -3.62. The second-order valence-corrected chi connectivity index (χ2v) is 8.76. The molecule has 26 heavy (non-hydrogen) atoms. The highest BCUT2D eigenvalue weighted by Crippen LogP contribution is 2.21. The molecule has 1 heterocycles. The number of thiophene rings is 1. The number of hydrogen-bond donors (Lipinski definition) is 2. The van der Waals surface area contributed by atoms with E-state index < -0.39 is 10.0 Å². The maximum absolute atomic E-state index is 12.6. The van der Waals surface area contributed by atoms with Crippen LogP contribution in [0.4, 0.5) is 5.69 Å². The fourth-order valence-electron chi connectivity index (χ4n) is 2.50. The molecule has 1 atom stereocenters. The Balaban J connectivity index is 2.04. The number of nitrogens with one attached hydrogen (secondary N) is 2. The van der Waals surface area contributed by atoms with Gasteiger partial charge in [-0.2, -0.15) is 11.3 Å². The van der Waals surface area contributed by atoms with E-state index in [9.17, 15) is 13.2 Å². The van der Waals surface area contributed by atoms with Gasteiger partial charge in [0.25, 0.3) is 0 Å². The summed E-state index contributed by atoms with van der Waals surface area (Å²) < 4.78 is 27.8. The Morgan fingerprint density at radius 3 is 2.42 bits per heavy atom. The highest BCUT2D eigenvalue weighted by Gasteiger charge is 2.20. The fourth-order valence-corrected chi connectivity index (χ4v) is 4.25. The van der Waals surface area contributed by atoms with Crippen LogP contribution in [0.25, 0.3) is 0 Å². The molecule has 0 fully saturated rings. The minimum absolute atomic E-state index is 0.0383. The van der Waals surface area contributed by atoms with Gasteiger partial charge in [-0.05, 0) is 67.2 Å². The Kier molecular flexibility index (Phi) is 7.33. The van der Waals surface area contributed by atoms with Gasteiger partial charge in [0.05, 0.1) is 4.90 Å². The number of carbonyl (C=O) groups excluding carboxylic acids is 1. The topological polar surface area (TPSA) is 78.5 Å². The van der Waals surface area contributed by atoms with Crippen LogP contribution in [0, 0.1) is 0 Å². The first-order valence-electron chi connectivity index (χ1n) is 8.41. The number of hydrogen-bond acceptors (Lipinski definition) is 5. The van der Waals surface area contributed by atoms with Crippen molar-refractivity contribution in [1.29, 1.82) is 0 Å². The van der Waals surface area contributed by atoms with E-state index in [1.807, 2.05) is 42.7 Å². The number of carbonyl (C=O) groups is 1. The van der Waals surface area contributed by atoms with Crippen molar-refractivity contribution in [2.24, 2.45) is 0 Å². The summed E-state index contributed by atoms with van der Waals surface area (Å²) in [4.78, 5) is 13.8. The molecule has 1 aromatic heterocycles. The Morgan fingerprint density at radius 1 is 1.19 bits per heavy atom. The van der Waals surface area contributed by atoms with Gasteiger partial charge in [-0.15, -0.1) is 0 Å². The SMILES string of the molecule is CCCC(=O)Nc1ccc(S(=O)(=O)NCC(c2ccsc2)N(C)C)cc1. The van der Waals surface area contributed by atoms with E-state index in [2.05, 4.69) is 10.0 Å². The molecule has 0 spiro atoms. The van der Waals surface area contributed by atoms with Crippen molar-refractivity contribution in [2.75, 3.05) is 26.0 Å². The van der Waals surface area contributed by atoms with E-state index in [0.717, 1.165) is 12.0 Å². The van der Waals surface area contributed by atoms with Crippen LogP contribution < -0.4 is 10.0 Å². The van der Waals surface area contributed by atoms with Crippen molar-refractivity contribution < 1.29 is 13.2 Å². The summed E-state index contributed by atoms with van der Waals surface area (Å²) in [6.07, 6.45) is 1.20. The van der Waals surface area contributed by atoms with Crippen molar-refractivity contribution in [3.8, 4) is 0 Å². The summed E-state index contributed by atoms with van der Waals surface area (Å²) in [5.41, 5.74) is 1.67. The molecule has 142 valence electrons. The number of anilines is 1. The van der Waals surface area contributed by atoms with Crippen LogP contribution >= 0.6 is 11.3 Å². The van der Waals surface area contributed by atoms with Crippen LogP contribution in [0.2, 0.25) is 0 Å². The zero-order chi connectivity index (χ0) is 19.2.